The second-order valence-electron chi connectivity index (χ2n) is 7.71. The van der Waals surface area contributed by atoms with Crippen LogP contribution in [-0.2, 0) is 21.2 Å². The van der Waals surface area contributed by atoms with Gasteiger partial charge < -0.3 is 4.90 Å². The van der Waals surface area contributed by atoms with Crippen molar-refractivity contribution in [2.45, 2.75) is 50.0 Å². The topological polar surface area (TPSA) is 60.9 Å². The van der Waals surface area contributed by atoms with E-state index in [1.165, 1.54) is 32.6 Å². The average molecular weight is 456 g/mol. The van der Waals surface area contributed by atoms with Crippen molar-refractivity contribution in [3.05, 3.63) is 22.2 Å². The van der Waals surface area contributed by atoms with Gasteiger partial charge in [-0.1, -0.05) is 28.8 Å². The normalized spacial score (nSPS) is 22.4. The molecule has 6 nitrogen and oxygen atoms in total. The molecule has 1 saturated heterocycles. The Kier molecular flexibility index (Phi) is 5.35. The van der Waals surface area contributed by atoms with Gasteiger partial charge in [0, 0.05) is 50.2 Å². The molecular formula is C19H26BrN3O3S. The van der Waals surface area contributed by atoms with Crippen LogP contribution in [0, 0.1) is 0 Å². The van der Waals surface area contributed by atoms with Gasteiger partial charge in [-0.3, -0.25) is 9.69 Å². The van der Waals surface area contributed by atoms with Gasteiger partial charge in [-0.2, -0.15) is 4.31 Å². The molecule has 1 amide bonds. The van der Waals surface area contributed by atoms with Crippen LogP contribution in [0.15, 0.2) is 21.5 Å². The Morgan fingerprint density at radius 1 is 1.07 bits per heavy atom. The third-order valence-corrected chi connectivity index (χ3v) is 8.48. The third kappa shape index (κ3) is 3.57. The van der Waals surface area contributed by atoms with Crippen molar-refractivity contribution in [1.82, 2.24) is 9.21 Å². The Morgan fingerprint density at radius 3 is 2.37 bits per heavy atom. The molecule has 2 aliphatic heterocycles. The van der Waals surface area contributed by atoms with Crippen LogP contribution in [0.2, 0.25) is 0 Å². The van der Waals surface area contributed by atoms with E-state index in [4.69, 9.17) is 0 Å². The number of benzene rings is 1. The van der Waals surface area contributed by atoms with Gasteiger partial charge in [-0.25, -0.2) is 8.42 Å². The van der Waals surface area contributed by atoms with Crippen molar-refractivity contribution in [3.8, 4) is 0 Å². The number of anilines is 1. The number of rotatable bonds is 3. The zero-order valence-corrected chi connectivity index (χ0v) is 18.1. The first-order chi connectivity index (χ1) is 12.9. The van der Waals surface area contributed by atoms with Gasteiger partial charge in [0.15, 0.2) is 0 Å². The molecule has 2 heterocycles. The molecule has 1 saturated carbocycles. The van der Waals surface area contributed by atoms with Crippen molar-refractivity contribution in [2.24, 2.45) is 0 Å². The van der Waals surface area contributed by atoms with Crippen LogP contribution in [0.25, 0.3) is 0 Å². The Labute approximate surface area is 169 Å². The van der Waals surface area contributed by atoms with Crippen LogP contribution in [0.5, 0.6) is 0 Å². The van der Waals surface area contributed by atoms with Crippen molar-refractivity contribution in [1.29, 1.82) is 0 Å². The van der Waals surface area contributed by atoms with Crippen LogP contribution in [0.1, 0.15) is 38.2 Å². The number of amides is 1. The lowest BCUT2D eigenvalue weighted by Crippen LogP contribution is -2.51. The summed E-state index contributed by atoms with van der Waals surface area (Å²) in [5.41, 5.74) is 1.49. The number of nitrogens with zero attached hydrogens (tertiary/aromatic N) is 3. The number of hydrogen-bond donors (Lipinski definition) is 0. The fourth-order valence-electron chi connectivity index (χ4n) is 4.70. The highest BCUT2D eigenvalue weighted by molar-refractivity contribution is 9.10. The molecule has 1 aromatic rings. The summed E-state index contributed by atoms with van der Waals surface area (Å²) >= 11 is 3.45. The van der Waals surface area contributed by atoms with Gasteiger partial charge in [0.2, 0.25) is 15.9 Å². The maximum absolute atomic E-state index is 13.4. The Bertz CT molecular complexity index is 844. The van der Waals surface area contributed by atoms with E-state index >= 15 is 0 Å². The quantitative estimate of drug-likeness (QED) is 0.702. The summed E-state index contributed by atoms with van der Waals surface area (Å²) in [5.74, 6) is -0.112. The molecule has 0 aromatic heterocycles. The molecule has 1 aromatic carbocycles. The van der Waals surface area contributed by atoms with Crippen LogP contribution in [-0.4, -0.2) is 62.3 Å². The summed E-state index contributed by atoms with van der Waals surface area (Å²) in [5, 5.41) is 0. The minimum Gasteiger partial charge on any atom is -0.311 e. The number of piperazine rings is 1. The average Bonchev–Trinajstić information content (AvgIpc) is 3.30. The fourth-order valence-corrected chi connectivity index (χ4v) is 7.04. The first kappa shape index (κ1) is 19.4. The number of carbonyl (C=O) groups excluding carboxylic acids is 1. The number of sulfonamides is 1. The molecule has 148 valence electrons. The number of hydrogen-bond acceptors (Lipinski definition) is 4. The summed E-state index contributed by atoms with van der Waals surface area (Å²) in [6.07, 6.45) is 5.73. The van der Waals surface area contributed by atoms with E-state index in [1.807, 2.05) is 6.07 Å². The molecule has 0 bridgehead atoms. The summed E-state index contributed by atoms with van der Waals surface area (Å²) in [6.45, 7) is 4.64. The molecule has 4 rings (SSSR count). The molecule has 8 heteroatoms. The highest BCUT2D eigenvalue weighted by Crippen LogP contribution is 2.39. The zero-order valence-electron chi connectivity index (χ0n) is 15.7. The van der Waals surface area contributed by atoms with Crippen LogP contribution in [0.3, 0.4) is 0 Å². The van der Waals surface area contributed by atoms with Gasteiger partial charge in [-0.05, 0) is 37.0 Å². The Hall–Kier alpha value is -0.960. The van der Waals surface area contributed by atoms with E-state index in [0.29, 0.717) is 37.8 Å². The van der Waals surface area contributed by atoms with Gasteiger partial charge in [0.25, 0.3) is 0 Å². The predicted octanol–water partition coefficient (Wildman–Crippen LogP) is 2.61. The second kappa shape index (κ2) is 7.46. The fraction of sp³-hybridized carbons (Fsp3) is 0.632. The molecule has 0 spiro atoms. The SMILES string of the molecule is CC(=O)N1CCc2cc(Br)cc(S(=O)(=O)N3CCN(C4CCCC4)CC3)c21. The van der Waals surface area contributed by atoms with E-state index in [-0.39, 0.29) is 10.8 Å². The summed E-state index contributed by atoms with van der Waals surface area (Å²) in [6, 6.07) is 4.20. The lowest BCUT2D eigenvalue weighted by atomic mass is 10.2. The van der Waals surface area contributed by atoms with Crippen molar-refractivity contribution in [3.63, 3.8) is 0 Å². The van der Waals surface area contributed by atoms with Gasteiger partial charge >= 0.3 is 0 Å². The Balaban J connectivity index is 1.61. The van der Waals surface area contributed by atoms with Crippen molar-refractivity contribution in [2.75, 3.05) is 37.6 Å². The van der Waals surface area contributed by atoms with Gasteiger partial charge in [-0.15, -0.1) is 0 Å². The van der Waals surface area contributed by atoms with Crippen LogP contribution < -0.4 is 4.90 Å². The largest absolute Gasteiger partial charge is 0.311 e. The molecule has 0 atom stereocenters. The maximum Gasteiger partial charge on any atom is 0.245 e. The number of halogens is 1. The van der Waals surface area contributed by atoms with E-state index < -0.39 is 10.0 Å². The molecular weight excluding hydrogens is 430 g/mol. The smallest absolute Gasteiger partial charge is 0.245 e. The van der Waals surface area contributed by atoms with E-state index in [0.717, 1.165) is 23.1 Å². The number of fused-ring (bicyclic) bond motifs is 1. The molecule has 0 radical (unpaired) electrons. The first-order valence-electron chi connectivity index (χ1n) is 9.72. The van der Waals surface area contributed by atoms with E-state index in [2.05, 4.69) is 20.8 Å². The minimum absolute atomic E-state index is 0.112. The third-order valence-electron chi connectivity index (χ3n) is 6.11. The van der Waals surface area contributed by atoms with Crippen LogP contribution in [0.4, 0.5) is 5.69 Å². The molecule has 1 aliphatic carbocycles. The molecule has 0 N–H and O–H groups in total. The lowest BCUT2D eigenvalue weighted by molar-refractivity contribution is -0.116. The van der Waals surface area contributed by atoms with E-state index in [9.17, 15) is 13.2 Å². The molecule has 27 heavy (non-hydrogen) atoms. The summed E-state index contributed by atoms with van der Waals surface area (Å²) in [4.78, 5) is 16.3. The highest BCUT2D eigenvalue weighted by atomic mass is 79.9. The van der Waals surface area contributed by atoms with Crippen molar-refractivity contribution >= 4 is 37.5 Å². The van der Waals surface area contributed by atoms with Gasteiger partial charge in [0.05, 0.1) is 5.69 Å². The molecule has 2 fully saturated rings. The summed E-state index contributed by atoms with van der Waals surface area (Å²) in [7, 11) is -3.64. The maximum atomic E-state index is 13.4. The predicted molar refractivity (Wildman–Crippen MR) is 108 cm³/mol. The monoisotopic (exact) mass is 455 g/mol. The molecule has 3 aliphatic rings. The minimum atomic E-state index is -3.64. The zero-order chi connectivity index (χ0) is 19.2. The van der Waals surface area contributed by atoms with Crippen molar-refractivity contribution < 1.29 is 13.2 Å². The summed E-state index contributed by atoms with van der Waals surface area (Å²) < 4.78 is 29.2. The van der Waals surface area contributed by atoms with Gasteiger partial charge in [0.1, 0.15) is 4.90 Å². The molecule has 0 unspecified atom stereocenters. The number of carbonyl (C=O) groups is 1. The lowest BCUT2D eigenvalue weighted by Gasteiger charge is -2.37. The standard InChI is InChI=1S/C19H26BrN3O3S/c1-14(24)23-7-6-15-12-16(20)13-18(19(15)23)27(25,26)22-10-8-21(9-11-22)17-4-2-3-5-17/h12-13,17H,2-11H2,1H3. The Morgan fingerprint density at radius 2 is 1.74 bits per heavy atom. The van der Waals surface area contributed by atoms with E-state index in [1.54, 1.807) is 15.3 Å². The highest BCUT2D eigenvalue weighted by Gasteiger charge is 2.37. The van der Waals surface area contributed by atoms with Crippen LogP contribution >= 0.6 is 15.9 Å². The first-order valence-corrected chi connectivity index (χ1v) is 12.0. The second-order valence-corrected chi connectivity index (χ2v) is 10.5.